The van der Waals surface area contributed by atoms with E-state index >= 15 is 0 Å². The van der Waals surface area contributed by atoms with Gasteiger partial charge in [0.15, 0.2) is 0 Å². The summed E-state index contributed by atoms with van der Waals surface area (Å²) in [6.07, 6.45) is 8.15. The van der Waals surface area contributed by atoms with E-state index in [1.807, 2.05) is 10.8 Å². The molecule has 1 aromatic carbocycles. The molecule has 0 amide bonds. The molecule has 1 N–H and O–H groups in total. The highest BCUT2D eigenvalue weighted by molar-refractivity contribution is 9.10. The van der Waals surface area contributed by atoms with Crippen LogP contribution in [0.1, 0.15) is 31.7 Å². The van der Waals surface area contributed by atoms with Gasteiger partial charge in [0.2, 0.25) is 5.95 Å². The number of anilines is 2. The lowest BCUT2D eigenvalue weighted by Gasteiger charge is -2.16. The number of hydrogen-bond donors (Lipinski definition) is 1. The molecule has 0 saturated heterocycles. The number of hydrogen-bond acceptors (Lipinski definition) is 2. The zero-order chi connectivity index (χ0) is 14.1. The molecule has 0 spiro atoms. The topological polar surface area (TPSA) is 29.9 Å². The fourth-order valence-electron chi connectivity index (χ4n) is 2.63. The van der Waals surface area contributed by atoms with E-state index in [2.05, 4.69) is 26.2 Å². The highest BCUT2D eigenvalue weighted by Gasteiger charge is 2.20. The molecule has 0 aliphatic heterocycles. The van der Waals surface area contributed by atoms with E-state index < -0.39 is 11.6 Å². The maximum absolute atomic E-state index is 13.8. The van der Waals surface area contributed by atoms with E-state index in [9.17, 15) is 8.78 Å². The Bertz CT molecular complexity index is 621. The van der Waals surface area contributed by atoms with Gasteiger partial charge in [-0.3, -0.25) is 0 Å². The Balaban J connectivity index is 1.88. The van der Waals surface area contributed by atoms with Gasteiger partial charge in [-0.1, -0.05) is 12.8 Å². The minimum absolute atomic E-state index is 0.0937. The van der Waals surface area contributed by atoms with Crippen molar-refractivity contribution in [2.75, 3.05) is 5.32 Å². The third kappa shape index (κ3) is 2.57. The number of benzene rings is 1. The first-order chi connectivity index (χ1) is 9.65. The number of rotatable bonds is 3. The van der Waals surface area contributed by atoms with Crippen LogP contribution in [-0.4, -0.2) is 9.55 Å². The van der Waals surface area contributed by atoms with Crippen molar-refractivity contribution in [3.05, 3.63) is 40.6 Å². The first-order valence-corrected chi connectivity index (χ1v) is 7.39. The quantitative estimate of drug-likeness (QED) is 0.814. The minimum atomic E-state index is -0.515. The van der Waals surface area contributed by atoms with E-state index in [4.69, 9.17) is 0 Å². The second-order valence-corrected chi connectivity index (χ2v) is 5.82. The summed E-state index contributed by atoms with van der Waals surface area (Å²) < 4.78 is 29.5. The Morgan fingerprint density at radius 1 is 1.20 bits per heavy atom. The molecular formula is C14H14BrF2N3. The molecule has 0 atom stereocenters. The number of nitrogens with one attached hydrogen (secondary N) is 1. The van der Waals surface area contributed by atoms with Gasteiger partial charge in [-0.15, -0.1) is 0 Å². The summed E-state index contributed by atoms with van der Waals surface area (Å²) in [7, 11) is 0. The number of halogens is 3. The van der Waals surface area contributed by atoms with Crippen LogP contribution in [0.15, 0.2) is 29.0 Å². The van der Waals surface area contributed by atoms with Gasteiger partial charge in [0.1, 0.15) is 11.6 Å². The van der Waals surface area contributed by atoms with Crippen molar-refractivity contribution in [2.24, 2.45) is 0 Å². The molecule has 0 radical (unpaired) electrons. The van der Waals surface area contributed by atoms with E-state index in [0.29, 0.717) is 12.0 Å². The lowest BCUT2D eigenvalue weighted by molar-refractivity contribution is 0.524. The van der Waals surface area contributed by atoms with Crippen LogP contribution in [0.3, 0.4) is 0 Å². The summed E-state index contributed by atoms with van der Waals surface area (Å²) in [5.74, 6) is -0.468. The normalized spacial score (nSPS) is 15.8. The van der Waals surface area contributed by atoms with Gasteiger partial charge in [-0.05, 0) is 34.8 Å². The molecular weight excluding hydrogens is 328 g/mol. The predicted octanol–water partition coefficient (Wildman–Crippen LogP) is 4.78. The predicted molar refractivity (Wildman–Crippen MR) is 77.1 cm³/mol. The highest BCUT2D eigenvalue weighted by Crippen LogP contribution is 2.33. The van der Waals surface area contributed by atoms with E-state index in [1.165, 1.54) is 12.8 Å². The second kappa shape index (κ2) is 5.52. The van der Waals surface area contributed by atoms with Gasteiger partial charge >= 0.3 is 0 Å². The Labute approximate surface area is 124 Å². The van der Waals surface area contributed by atoms with Crippen molar-refractivity contribution in [1.82, 2.24) is 9.55 Å². The SMILES string of the molecule is Fc1cc(Nc2nccn2C2CCCC2)c(F)cc1Br. The van der Waals surface area contributed by atoms with Crippen LogP contribution in [-0.2, 0) is 0 Å². The van der Waals surface area contributed by atoms with Gasteiger partial charge in [0, 0.05) is 24.5 Å². The second-order valence-electron chi connectivity index (χ2n) is 4.97. The zero-order valence-corrected chi connectivity index (χ0v) is 12.3. The number of imidazole rings is 1. The van der Waals surface area contributed by atoms with Crippen LogP contribution in [0.25, 0.3) is 0 Å². The number of aromatic nitrogens is 2. The van der Waals surface area contributed by atoms with Crippen molar-refractivity contribution < 1.29 is 8.78 Å². The molecule has 2 aromatic rings. The van der Waals surface area contributed by atoms with Crippen LogP contribution in [0.5, 0.6) is 0 Å². The summed E-state index contributed by atoms with van der Waals surface area (Å²) in [6.45, 7) is 0. The maximum Gasteiger partial charge on any atom is 0.207 e. The first kappa shape index (κ1) is 13.5. The molecule has 1 saturated carbocycles. The van der Waals surface area contributed by atoms with Crippen LogP contribution >= 0.6 is 15.9 Å². The van der Waals surface area contributed by atoms with Crippen molar-refractivity contribution in [2.45, 2.75) is 31.7 Å². The molecule has 1 aromatic heterocycles. The van der Waals surface area contributed by atoms with Crippen molar-refractivity contribution in [3.63, 3.8) is 0 Å². The zero-order valence-electron chi connectivity index (χ0n) is 10.7. The van der Waals surface area contributed by atoms with E-state index in [0.717, 1.165) is 25.0 Å². The average Bonchev–Trinajstić information content (AvgIpc) is 3.06. The maximum atomic E-state index is 13.8. The summed E-state index contributed by atoms with van der Waals surface area (Å²) >= 11 is 2.96. The van der Waals surface area contributed by atoms with Gasteiger partial charge in [-0.25, -0.2) is 13.8 Å². The standard InChI is InChI=1S/C14H14BrF2N3/c15-10-7-12(17)13(8-11(10)16)19-14-18-5-6-20(14)9-3-1-2-4-9/h5-9H,1-4H2,(H,18,19). The third-order valence-corrected chi connectivity index (χ3v) is 4.25. The average molecular weight is 342 g/mol. The van der Waals surface area contributed by atoms with Gasteiger partial charge in [0.05, 0.1) is 10.2 Å². The highest BCUT2D eigenvalue weighted by atomic mass is 79.9. The van der Waals surface area contributed by atoms with Crippen molar-refractivity contribution in [1.29, 1.82) is 0 Å². The summed E-state index contributed by atoms with van der Waals surface area (Å²) in [5, 5.41) is 2.88. The van der Waals surface area contributed by atoms with Gasteiger partial charge < -0.3 is 9.88 Å². The van der Waals surface area contributed by atoms with Crippen LogP contribution < -0.4 is 5.32 Å². The van der Waals surface area contributed by atoms with Crippen LogP contribution in [0.2, 0.25) is 0 Å². The summed E-state index contributed by atoms with van der Waals surface area (Å²) in [5.41, 5.74) is 0.0937. The van der Waals surface area contributed by atoms with Gasteiger partial charge in [0.25, 0.3) is 0 Å². The Morgan fingerprint density at radius 2 is 1.95 bits per heavy atom. The molecule has 3 nitrogen and oxygen atoms in total. The number of nitrogens with zero attached hydrogens (tertiary/aromatic N) is 2. The lowest BCUT2D eigenvalue weighted by atomic mass is 10.2. The molecule has 106 valence electrons. The molecule has 0 unspecified atom stereocenters. The van der Waals surface area contributed by atoms with Crippen molar-refractivity contribution >= 4 is 27.6 Å². The van der Waals surface area contributed by atoms with E-state index in [1.54, 1.807) is 6.20 Å². The largest absolute Gasteiger partial charge is 0.323 e. The summed E-state index contributed by atoms with van der Waals surface area (Å²) in [6, 6.07) is 2.64. The first-order valence-electron chi connectivity index (χ1n) is 6.59. The lowest BCUT2D eigenvalue weighted by Crippen LogP contribution is -2.08. The Kier molecular flexibility index (Phi) is 3.74. The molecule has 1 heterocycles. The van der Waals surface area contributed by atoms with E-state index in [-0.39, 0.29) is 10.2 Å². The minimum Gasteiger partial charge on any atom is -0.323 e. The molecule has 20 heavy (non-hydrogen) atoms. The molecule has 3 rings (SSSR count). The Morgan fingerprint density at radius 3 is 2.70 bits per heavy atom. The van der Waals surface area contributed by atoms with Crippen LogP contribution in [0, 0.1) is 11.6 Å². The van der Waals surface area contributed by atoms with Crippen molar-refractivity contribution in [3.8, 4) is 0 Å². The fraction of sp³-hybridized carbons (Fsp3) is 0.357. The molecule has 0 bridgehead atoms. The smallest absolute Gasteiger partial charge is 0.207 e. The molecule has 1 fully saturated rings. The molecule has 1 aliphatic carbocycles. The van der Waals surface area contributed by atoms with Gasteiger partial charge in [-0.2, -0.15) is 0 Å². The Hall–Kier alpha value is -1.43. The molecule has 6 heteroatoms. The third-order valence-electron chi connectivity index (χ3n) is 3.64. The monoisotopic (exact) mass is 341 g/mol. The summed E-state index contributed by atoms with van der Waals surface area (Å²) in [4.78, 5) is 4.20. The molecule has 1 aliphatic rings. The fourth-order valence-corrected chi connectivity index (χ4v) is 2.94. The van der Waals surface area contributed by atoms with Crippen LogP contribution in [0.4, 0.5) is 20.4 Å².